The maximum absolute atomic E-state index is 13.4. The van der Waals surface area contributed by atoms with Crippen molar-refractivity contribution >= 4 is 41.1 Å². The van der Waals surface area contributed by atoms with Crippen LogP contribution in [0.4, 0.5) is 4.79 Å². The summed E-state index contributed by atoms with van der Waals surface area (Å²) in [6.07, 6.45) is 1.61. The van der Waals surface area contributed by atoms with Crippen LogP contribution >= 0.6 is 23.2 Å². The minimum absolute atomic E-state index is 0.0608. The summed E-state index contributed by atoms with van der Waals surface area (Å²) < 4.78 is 5.46. The van der Waals surface area contributed by atoms with Crippen molar-refractivity contribution in [1.29, 1.82) is 0 Å². The number of esters is 1. The van der Waals surface area contributed by atoms with Crippen molar-refractivity contribution in [2.75, 3.05) is 39.3 Å². The number of nitrogens with one attached hydrogen (secondary N) is 1. The lowest BCUT2D eigenvalue weighted by atomic mass is 9.93. The van der Waals surface area contributed by atoms with Crippen LogP contribution in [0.25, 0.3) is 0 Å². The summed E-state index contributed by atoms with van der Waals surface area (Å²) in [6, 6.07) is 12.7. The topological polar surface area (TPSA) is 82.2 Å². The fourth-order valence-electron chi connectivity index (χ4n) is 5.04. The lowest BCUT2D eigenvalue weighted by molar-refractivity contribution is -0.139. The molecule has 0 spiro atoms. The largest absolute Gasteiger partial charge is 0.463 e. The average molecular weight is 572 g/mol. The number of benzene rings is 2. The van der Waals surface area contributed by atoms with Gasteiger partial charge in [0, 0.05) is 60.1 Å². The smallest absolute Gasteiger partial charge is 0.338 e. The van der Waals surface area contributed by atoms with Gasteiger partial charge in [-0.15, -0.1) is 6.58 Å². The van der Waals surface area contributed by atoms with Gasteiger partial charge in [0.05, 0.1) is 18.2 Å². The lowest BCUT2D eigenvalue weighted by Crippen LogP contribution is -2.56. The molecule has 2 aliphatic rings. The van der Waals surface area contributed by atoms with Crippen molar-refractivity contribution in [2.24, 2.45) is 0 Å². The molecule has 0 bridgehead atoms. The second-order valence-corrected chi connectivity index (χ2v) is 10.3. The number of rotatable bonds is 8. The number of halogens is 2. The molecule has 1 N–H and O–H groups in total. The fraction of sp³-hybridized carbons (Fsp3) is 0.345. The molecule has 10 heteroatoms. The Morgan fingerprint density at radius 3 is 2.49 bits per heavy atom. The summed E-state index contributed by atoms with van der Waals surface area (Å²) >= 11 is 12.5. The zero-order chi connectivity index (χ0) is 28.1. The van der Waals surface area contributed by atoms with Crippen LogP contribution in [0.5, 0.6) is 0 Å². The van der Waals surface area contributed by atoms with Crippen molar-refractivity contribution in [2.45, 2.75) is 25.9 Å². The molecule has 4 rings (SSSR count). The standard InChI is InChI=1S/C29H32Cl2N4O4/c1-4-14-35-24(18-33-15-16-34(19(3)17-33)27(36)20-10-12-21(30)13-11-20)25(28(37)39-5-2)26(32-29(35)38)22-8-6-7-9-23(22)31/h4,6-13,19,26H,1,5,14-18H2,2-3H3,(H,32,38)/t19-,26+/m0/s1. The van der Waals surface area contributed by atoms with E-state index in [9.17, 15) is 14.4 Å². The third kappa shape index (κ3) is 6.30. The molecule has 0 saturated carbocycles. The molecule has 2 atom stereocenters. The Hall–Kier alpha value is -3.33. The lowest BCUT2D eigenvalue weighted by Gasteiger charge is -2.43. The molecule has 2 aliphatic heterocycles. The van der Waals surface area contributed by atoms with Gasteiger partial charge in [0.25, 0.3) is 5.91 Å². The molecule has 2 aromatic carbocycles. The monoisotopic (exact) mass is 570 g/mol. The van der Waals surface area contributed by atoms with E-state index in [0.717, 1.165) is 0 Å². The summed E-state index contributed by atoms with van der Waals surface area (Å²) in [6.45, 7) is 9.84. The SMILES string of the molecule is C=CCN1C(=O)N[C@H](c2ccccc2Cl)C(C(=O)OCC)=C1CN1CCN(C(=O)c2ccc(Cl)cc2)[C@@H](C)C1. The molecule has 1 saturated heterocycles. The molecule has 0 radical (unpaired) electrons. The highest BCUT2D eigenvalue weighted by Gasteiger charge is 2.40. The van der Waals surface area contributed by atoms with Crippen molar-refractivity contribution in [1.82, 2.24) is 20.0 Å². The highest BCUT2D eigenvalue weighted by atomic mass is 35.5. The quantitative estimate of drug-likeness (QED) is 0.360. The van der Waals surface area contributed by atoms with Crippen LogP contribution in [-0.2, 0) is 9.53 Å². The van der Waals surface area contributed by atoms with E-state index in [1.165, 1.54) is 4.90 Å². The van der Waals surface area contributed by atoms with Crippen LogP contribution in [0, 0.1) is 0 Å². The van der Waals surface area contributed by atoms with Crippen LogP contribution in [0.3, 0.4) is 0 Å². The maximum Gasteiger partial charge on any atom is 0.338 e. The number of ether oxygens (including phenoxy) is 1. The Kier molecular flexibility index (Phi) is 9.32. The van der Waals surface area contributed by atoms with E-state index in [1.807, 2.05) is 17.9 Å². The molecular formula is C29H32Cl2N4O4. The highest BCUT2D eigenvalue weighted by molar-refractivity contribution is 6.31. The Morgan fingerprint density at radius 1 is 1.13 bits per heavy atom. The minimum Gasteiger partial charge on any atom is -0.463 e. The first kappa shape index (κ1) is 28.7. The van der Waals surface area contributed by atoms with Crippen molar-refractivity contribution in [3.63, 3.8) is 0 Å². The summed E-state index contributed by atoms with van der Waals surface area (Å²) in [5.41, 5.74) is 2.05. The van der Waals surface area contributed by atoms with Crippen LogP contribution < -0.4 is 5.32 Å². The first-order chi connectivity index (χ1) is 18.7. The molecule has 39 heavy (non-hydrogen) atoms. The number of piperazine rings is 1. The van der Waals surface area contributed by atoms with E-state index in [1.54, 1.807) is 55.5 Å². The maximum atomic E-state index is 13.4. The van der Waals surface area contributed by atoms with Gasteiger partial charge in [-0.25, -0.2) is 9.59 Å². The Labute approximate surface area is 238 Å². The van der Waals surface area contributed by atoms with Crippen LogP contribution in [-0.4, -0.2) is 78.0 Å². The number of hydrogen-bond donors (Lipinski definition) is 1. The average Bonchev–Trinajstić information content (AvgIpc) is 2.91. The van der Waals surface area contributed by atoms with E-state index in [-0.39, 0.29) is 31.1 Å². The van der Waals surface area contributed by atoms with Crippen molar-refractivity contribution in [3.8, 4) is 0 Å². The van der Waals surface area contributed by atoms with Crippen LogP contribution in [0.15, 0.2) is 72.5 Å². The number of amides is 3. The van der Waals surface area contributed by atoms with Gasteiger partial charge in [-0.05, 0) is 49.7 Å². The Morgan fingerprint density at radius 2 is 1.85 bits per heavy atom. The first-order valence-corrected chi connectivity index (χ1v) is 13.6. The van der Waals surface area contributed by atoms with Gasteiger partial charge in [-0.3, -0.25) is 14.6 Å². The van der Waals surface area contributed by atoms with E-state index in [4.69, 9.17) is 27.9 Å². The van der Waals surface area contributed by atoms with Crippen LogP contribution in [0.1, 0.15) is 35.8 Å². The highest BCUT2D eigenvalue weighted by Crippen LogP contribution is 2.35. The predicted octanol–water partition coefficient (Wildman–Crippen LogP) is 4.91. The number of hydrogen-bond acceptors (Lipinski definition) is 5. The molecule has 0 aromatic heterocycles. The third-order valence-corrected chi connectivity index (χ3v) is 7.49. The summed E-state index contributed by atoms with van der Waals surface area (Å²) in [5.74, 6) is -0.578. The molecule has 3 amide bonds. The van der Waals surface area contributed by atoms with E-state index < -0.39 is 12.0 Å². The van der Waals surface area contributed by atoms with Gasteiger partial charge in [0.15, 0.2) is 0 Å². The molecule has 0 unspecified atom stereocenters. The van der Waals surface area contributed by atoms with Gasteiger partial charge < -0.3 is 15.0 Å². The van der Waals surface area contributed by atoms with E-state index in [2.05, 4.69) is 16.8 Å². The van der Waals surface area contributed by atoms with Crippen molar-refractivity contribution in [3.05, 3.63) is 93.6 Å². The van der Waals surface area contributed by atoms with Gasteiger partial charge in [0.2, 0.25) is 0 Å². The molecular weight excluding hydrogens is 539 g/mol. The molecule has 8 nitrogen and oxygen atoms in total. The second kappa shape index (κ2) is 12.7. The van der Waals surface area contributed by atoms with Gasteiger partial charge in [0.1, 0.15) is 0 Å². The van der Waals surface area contributed by atoms with E-state index >= 15 is 0 Å². The Balaban J connectivity index is 1.65. The minimum atomic E-state index is -0.772. The number of carbonyl (C=O) groups is 3. The molecule has 206 valence electrons. The van der Waals surface area contributed by atoms with E-state index in [0.29, 0.717) is 58.6 Å². The number of carbonyl (C=O) groups excluding carboxylic acids is 3. The van der Waals surface area contributed by atoms with Gasteiger partial charge in [-0.2, -0.15) is 0 Å². The normalized spacial score (nSPS) is 20.1. The Bertz CT molecular complexity index is 1280. The van der Waals surface area contributed by atoms with Crippen molar-refractivity contribution < 1.29 is 19.1 Å². The molecule has 2 heterocycles. The predicted molar refractivity (Wildman–Crippen MR) is 152 cm³/mol. The summed E-state index contributed by atoms with van der Waals surface area (Å²) in [5, 5.41) is 3.94. The number of urea groups is 1. The zero-order valence-corrected chi connectivity index (χ0v) is 23.5. The van der Waals surface area contributed by atoms with Crippen LogP contribution in [0.2, 0.25) is 10.0 Å². The third-order valence-electron chi connectivity index (χ3n) is 6.90. The molecule has 0 aliphatic carbocycles. The van der Waals surface area contributed by atoms with Gasteiger partial charge in [-0.1, -0.05) is 47.5 Å². The molecule has 1 fully saturated rings. The second-order valence-electron chi connectivity index (χ2n) is 9.47. The summed E-state index contributed by atoms with van der Waals surface area (Å²) in [4.78, 5) is 45.3. The molecule has 2 aromatic rings. The first-order valence-electron chi connectivity index (χ1n) is 12.9. The number of nitrogens with zero attached hydrogens (tertiary/aromatic N) is 3. The zero-order valence-electron chi connectivity index (χ0n) is 22.0. The summed E-state index contributed by atoms with van der Waals surface area (Å²) in [7, 11) is 0. The fourth-order valence-corrected chi connectivity index (χ4v) is 5.41. The van der Waals surface area contributed by atoms with Gasteiger partial charge >= 0.3 is 12.0 Å².